The summed E-state index contributed by atoms with van der Waals surface area (Å²) >= 11 is 0. The number of rotatable bonds is 8. The van der Waals surface area contributed by atoms with E-state index in [0.29, 0.717) is 30.3 Å². The molecular formula is C20H24FNO3. The molecule has 4 nitrogen and oxygen atoms in total. The Balaban J connectivity index is 2.17. The molecule has 0 fully saturated rings. The van der Waals surface area contributed by atoms with Gasteiger partial charge in [-0.25, -0.2) is 4.39 Å². The lowest BCUT2D eigenvalue weighted by Gasteiger charge is -2.13. The van der Waals surface area contributed by atoms with E-state index < -0.39 is 11.7 Å². The van der Waals surface area contributed by atoms with Gasteiger partial charge in [-0.2, -0.15) is 0 Å². The number of nitrogens with one attached hydrogen (secondary N) is 1. The molecule has 0 aromatic heterocycles. The second kappa shape index (κ2) is 9.06. The first-order chi connectivity index (χ1) is 12.0. The summed E-state index contributed by atoms with van der Waals surface area (Å²) in [6, 6.07) is 9.65. The Kier molecular flexibility index (Phi) is 6.81. The van der Waals surface area contributed by atoms with Crippen LogP contribution in [0.25, 0.3) is 0 Å². The molecule has 134 valence electrons. The minimum atomic E-state index is -0.460. The van der Waals surface area contributed by atoms with Gasteiger partial charge in [-0.3, -0.25) is 4.79 Å². The van der Waals surface area contributed by atoms with Crippen molar-refractivity contribution in [3.05, 3.63) is 53.3 Å². The number of benzene rings is 2. The smallest absolute Gasteiger partial charge is 0.255 e. The van der Waals surface area contributed by atoms with E-state index in [1.807, 2.05) is 6.92 Å². The van der Waals surface area contributed by atoms with Gasteiger partial charge >= 0.3 is 0 Å². The molecule has 2 aromatic carbocycles. The number of anilines is 1. The van der Waals surface area contributed by atoms with Gasteiger partial charge in [-0.15, -0.1) is 0 Å². The highest BCUT2D eigenvalue weighted by atomic mass is 19.1. The third-order valence-electron chi connectivity index (χ3n) is 3.63. The average Bonchev–Trinajstić information content (AvgIpc) is 2.59. The molecule has 0 aliphatic carbocycles. The predicted molar refractivity (Wildman–Crippen MR) is 97.1 cm³/mol. The van der Waals surface area contributed by atoms with Gasteiger partial charge in [0.2, 0.25) is 0 Å². The minimum absolute atomic E-state index is 0.150. The van der Waals surface area contributed by atoms with Crippen molar-refractivity contribution in [1.82, 2.24) is 0 Å². The van der Waals surface area contributed by atoms with Gasteiger partial charge in [0.25, 0.3) is 5.91 Å². The number of carbonyl (C=O) groups is 1. The Morgan fingerprint density at radius 2 is 1.88 bits per heavy atom. The standard InChI is InChI=1S/C20H24FNO3/c1-4-6-11-25-18-10-8-15(13-19(18)24-5-2)20(23)22-17-9-7-14(3)12-16(17)21/h7-10,12-13H,4-6,11H2,1-3H3,(H,22,23). The van der Waals surface area contributed by atoms with Crippen LogP contribution < -0.4 is 14.8 Å². The normalized spacial score (nSPS) is 10.4. The molecular weight excluding hydrogens is 321 g/mol. The van der Waals surface area contributed by atoms with E-state index in [0.717, 1.165) is 18.4 Å². The molecule has 25 heavy (non-hydrogen) atoms. The molecule has 0 saturated carbocycles. The minimum Gasteiger partial charge on any atom is -0.490 e. The van der Waals surface area contributed by atoms with Gasteiger partial charge in [-0.1, -0.05) is 19.4 Å². The van der Waals surface area contributed by atoms with Crippen LogP contribution in [0, 0.1) is 12.7 Å². The number of aryl methyl sites for hydroxylation is 1. The summed E-state index contributed by atoms with van der Waals surface area (Å²) in [6.07, 6.45) is 1.98. The van der Waals surface area contributed by atoms with Crippen LogP contribution in [0.1, 0.15) is 42.6 Å². The average molecular weight is 345 g/mol. The van der Waals surface area contributed by atoms with Gasteiger partial charge < -0.3 is 14.8 Å². The van der Waals surface area contributed by atoms with E-state index in [2.05, 4.69) is 12.2 Å². The lowest BCUT2D eigenvalue weighted by molar-refractivity contribution is 0.102. The molecule has 0 aliphatic rings. The summed E-state index contributed by atoms with van der Waals surface area (Å²) in [7, 11) is 0. The van der Waals surface area contributed by atoms with E-state index >= 15 is 0 Å². The van der Waals surface area contributed by atoms with Crippen LogP contribution in [-0.4, -0.2) is 19.1 Å². The van der Waals surface area contributed by atoms with Gasteiger partial charge in [0.05, 0.1) is 18.9 Å². The number of halogens is 1. The maximum atomic E-state index is 13.9. The summed E-state index contributed by atoms with van der Waals surface area (Å²) < 4.78 is 25.2. The van der Waals surface area contributed by atoms with Gasteiger partial charge in [-0.05, 0) is 56.2 Å². The predicted octanol–water partition coefficient (Wildman–Crippen LogP) is 4.96. The van der Waals surface area contributed by atoms with Crippen molar-refractivity contribution in [2.24, 2.45) is 0 Å². The highest BCUT2D eigenvalue weighted by Gasteiger charge is 2.13. The molecule has 0 bridgehead atoms. The summed E-state index contributed by atoms with van der Waals surface area (Å²) in [4.78, 5) is 12.4. The SMILES string of the molecule is CCCCOc1ccc(C(=O)Nc2ccc(C)cc2F)cc1OCC. The van der Waals surface area contributed by atoms with Crippen LogP contribution in [0.5, 0.6) is 11.5 Å². The van der Waals surface area contributed by atoms with E-state index in [1.165, 1.54) is 6.07 Å². The van der Waals surface area contributed by atoms with Crippen LogP contribution in [0.4, 0.5) is 10.1 Å². The quantitative estimate of drug-likeness (QED) is 0.688. The number of ether oxygens (including phenoxy) is 2. The molecule has 0 atom stereocenters. The summed E-state index contributed by atoms with van der Waals surface area (Å²) in [5.74, 6) is 0.255. The molecule has 0 saturated heterocycles. The fraction of sp³-hybridized carbons (Fsp3) is 0.350. The Morgan fingerprint density at radius 3 is 2.56 bits per heavy atom. The maximum Gasteiger partial charge on any atom is 0.255 e. The van der Waals surface area contributed by atoms with E-state index in [9.17, 15) is 9.18 Å². The van der Waals surface area contributed by atoms with Crippen molar-refractivity contribution >= 4 is 11.6 Å². The number of amides is 1. The third-order valence-corrected chi connectivity index (χ3v) is 3.63. The molecule has 0 unspecified atom stereocenters. The van der Waals surface area contributed by atoms with E-state index in [1.54, 1.807) is 37.3 Å². The zero-order valence-electron chi connectivity index (χ0n) is 14.9. The van der Waals surface area contributed by atoms with Crippen LogP contribution in [0.2, 0.25) is 0 Å². The van der Waals surface area contributed by atoms with Crippen LogP contribution in [0.3, 0.4) is 0 Å². The van der Waals surface area contributed by atoms with Gasteiger partial charge in [0.1, 0.15) is 5.82 Å². The molecule has 2 aromatic rings. The molecule has 2 rings (SSSR count). The Morgan fingerprint density at radius 1 is 1.08 bits per heavy atom. The summed E-state index contributed by atoms with van der Waals surface area (Å²) in [5.41, 5.74) is 1.32. The number of hydrogen-bond donors (Lipinski definition) is 1. The van der Waals surface area contributed by atoms with Gasteiger partial charge in [0.15, 0.2) is 11.5 Å². The Labute approximate surface area is 148 Å². The highest BCUT2D eigenvalue weighted by molar-refractivity contribution is 6.04. The molecule has 0 heterocycles. The number of unbranched alkanes of at least 4 members (excludes halogenated alkanes) is 1. The molecule has 0 aliphatic heterocycles. The lowest BCUT2D eigenvalue weighted by Crippen LogP contribution is -2.13. The zero-order valence-corrected chi connectivity index (χ0v) is 14.9. The number of carbonyl (C=O) groups excluding carboxylic acids is 1. The van der Waals surface area contributed by atoms with Crippen molar-refractivity contribution in [2.45, 2.75) is 33.6 Å². The van der Waals surface area contributed by atoms with Crippen molar-refractivity contribution in [3.63, 3.8) is 0 Å². The third kappa shape index (κ3) is 5.21. The molecule has 5 heteroatoms. The van der Waals surface area contributed by atoms with E-state index in [-0.39, 0.29) is 5.69 Å². The maximum absolute atomic E-state index is 13.9. The van der Waals surface area contributed by atoms with Crippen molar-refractivity contribution in [2.75, 3.05) is 18.5 Å². The Bertz CT molecular complexity index is 731. The summed E-state index contributed by atoms with van der Waals surface area (Å²) in [5, 5.41) is 2.58. The second-order valence-electron chi connectivity index (χ2n) is 5.73. The number of hydrogen-bond acceptors (Lipinski definition) is 3. The second-order valence-corrected chi connectivity index (χ2v) is 5.73. The Hall–Kier alpha value is -2.56. The van der Waals surface area contributed by atoms with Gasteiger partial charge in [0, 0.05) is 5.56 Å². The zero-order chi connectivity index (χ0) is 18.2. The first kappa shape index (κ1) is 18.8. The molecule has 1 N–H and O–H groups in total. The highest BCUT2D eigenvalue weighted by Crippen LogP contribution is 2.29. The fourth-order valence-corrected chi connectivity index (χ4v) is 2.28. The van der Waals surface area contributed by atoms with Crippen LogP contribution in [-0.2, 0) is 0 Å². The first-order valence-electron chi connectivity index (χ1n) is 8.52. The van der Waals surface area contributed by atoms with Crippen LogP contribution >= 0.6 is 0 Å². The van der Waals surface area contributed by atoms with Crippen LogP contribution in [0.15, 0.2) is 36.4 Å². The van der Waals surface area contributed by atoms with E-state index in [4.69, 9.17) is 9.47 Å². The monoisotopic (exact) mass is 345 g/mol. The molecule has 0 radical (unpaired) electrons. The first-order valence-corrected chi connectivity index (χ1v) is 8.52. The van der Waals surface area contributed by atoms with Crippen molar-refractivity contribution < 1.29 is 18.7 Å². The fourth-order valence-electron chi connectivity index (χ4n) is 2.28. The lowest BCUT2D eigenvalue weighted by atomic mass is 10.1. The topological polar surface area (TPSA) is 47.6 Å². The molecule has 0 spiro atoms. The largest absolute Gasteiger partial charge is 0.490 e. The summed E-state index contributed by atoms with van der Waals surface area (Å²) in [6.45, 7) is 6.80. The van der Waals surface area contributed by atoms with Crippen molar-refractivity contribution in [1.29, 1.82) is 0 Å². The van der Waals surface area contributed by atoms with Crippen molar-refractivity contribution in [3.8, 4) is 11.5 Å². The molecule has 1 amide bonds.